The first kappa shape index (κ1) is 22.6. The molecule has 0 unspecified atom stereocenters. The summed E-state index contributed by atoms with van der Waals surface area (Å²) in [5.41, 5.74) is 1.16. The Morgan fingerprint density at radius 2 is 1.71 bits per heavy atom. The molecule has 4 rings (SSSR count). The van der Waals surface area contributed by atoms with Gasteiger partial charge >= 0.3 is 6.03 Å². The number of rotatable bonds is 7. The molecule has 0 aromatic heterocycles. The summed E-state index contributed by atoms with van der Waals surface area (Å²) in [7, 11) is 1.23. The lowest BCUT2D eigenvalue weighted by Gasteiger charge is -2.51. The molecule has 3 fully saturated rings. The van der Waals surface area contributed by atoms with Crippen LogP contribution in [0.3, 0.4) is 0 Å². The summed E-state index contributed by atoms with van der Waals surface area (Å²) in [6.07, 6.45) is 8.82. The van der Waals surface area contributed by atoms with E-state index in [1.165, 1.54) is 31.1 Å². The molecular formula is C24H37N3O3S. The average Bonchev–Trinajstić information content (AvgIpc) is 2.95. The van der Waals surface area contributed by atoms with Gasteiger partial charge in [-0.15, -0.1) is 0 Å². The van der Waals surface area contributed by atoms with Crippen molar-refractivity contribution in [3.63, 3.8) is 0 Å². The molecule has 1 spiro atoms. The van der Waals surface area contributed by atoms with E-state index in [9.17, 15) is 13.2 Å². The van der Waals surface area contributed by atoms with Crippen molar-refractivity contribution < 1.29 is 13.2 Å². The summed E-state index contributed by atoms with van der Waals surface area (Å²) in [5, 5.41) is 0. The lowest BCUT2D eigenvalue weighted by atomic mass is 9.68. The van der Waals surface area contributed by atoms with Gasteiger partial charge in [0.05, 0.1) is 11.3 Å². The van der Waals surface area contributed by atoms with E-state index in [1.807, 2.05) is 4.90 Å². The molecule has 1 aromatic rings. The molecule has 172 valence electrons. The molecular weight excluding hydrogens is 410 g/mol. The third kappa shape index (κ3) is 4.36. The average molecular weight is 448 g/mol. The van der Waals surface area contributed by atoms with Crippen LogP contribution in [0.25, 0.3) is 0 Å². The molecule has 1 saturated heterocycles. The number of amides is 2. The van der Waals surface area contributed by atoms with Crippen molar-refractivity contribution in [2.45, 2.75) is 56.0 Å². The first-order valence-electron chi connectivity index (χ1n) is 11.6. The van der Waals surface area contributed by atoms with Gasteiger partial charge in [-0.05, 0) is 64.1 Å². The number of hydrogen-bond acceptors (Lipinski definition) is 4. The van der Waals surface area contributed by atoms with Gasteiger partial charge in [0.1, 0.15) is 9.84 Å². The Balaban J connectivity index is 1.57. The van der Waals surface area contributed by atoms with Crippen LogP contribution in [0, 0.1) is 5.92 Å². The fourth-order valence-electron chi connectivity index (χ4n) is 5.84. The van der Waals surface area contributed by atoms with Crippen LogP contribution in [-0.2, 0) is 15.4 Å². The SMILES string of the molecule is CN(C)C1(c2ccccc2)CCC2(CC1)CN(CCS(C)(=O)=O)C(=O)N2CC1CCC1. The first-order chi connectivity index (χ1) is 14.7. The predicted octanol–water partition coefficient (Wildman–Crippen LogP) is 3.34. The zero-order valence-corrected chi connectivity index (χ0v) is 20.0. The third-order valence-corrected chi connectivity index (χ3v) is 9.06. The zero-order chi connectivity index (χ0) is 22.3. The van der Waals surface area contributed by atoms with E-state index in [4.69, 9.17) is 0 Å². The van der Waals surface area contributed by atoms with Gasteiger partial charge in [-0.25, -0.2) is 13.2 Å². The van der Waals surface area contributed by atoms with E-state index in [2.05, 4.69) is 54.2 Å². The number of benzene rings is 1. The van der Waals surface area contributed by atoms with E-state index in [0.717, 1.165) is 32.2 Å². The third-order valence-electron chi connectivity index (χ3n) is 8.13. The van der Waals surface area contributed by atoms with E-state index < -0.39 is 9.84 Å². The fourth-order valence-corrected chi connectivity index (χ4v) is 6.39. The highest BCUT2D eigenvalue weighted by atomic mass is 32.2. The zero-order valence-electron chi connectivity index (χ0n) is 19.2. The second kappa shape index (κ2) is 8.39. The van der Waals surface area contributed by atoms with Crippen LogP contribution in [0.15, 0.2) is 30.3 Å². The maximum absolute atomic E-state index is 13.4. The van der Waals surface area contributed by atoms with Gasteiger partial charge in [-0.3, -0.25) is 4.90 Å². The minimum absolute atomic E-state index is 0.0160. The van der Waals surface area contributed by atoms with Gasteiger partial charge in [-0.1, -0.05) is 36.8 Å². The van der Waals surface area contributed by atoms with Crippen molar-refractivity contribution in [1.29, 1.82) is 0 Å². The van der Waals surface area contributed by atoms with Gasteiger partial charge in [0.25, 0.3) is 0 Å². The molecule has 3 aliphatic rings. The lowest BCUT2D eigenvalue weighted by Crippen LogP contribution is -2.56. The smallest absolute Gasteiger partial charge is 0.320 e. The van der Waals surface area contributed by atoms with Crippen LogP contribution >= 0.6 is 0 Å². The van der Waals surface area contributed by atoms with Crippen molar-refractivity contribution in [3.8, 4) is 0 Å². The van der Waals surface area contributed by atoms with Gasteiger partial charge in [-0.2, -0.15) is 0 Å². The maximum Gasteiger partial charge on any atom is 0.320 e. The van der Waals surface area contributed by atoms with Gasteiger partial charge in [0, 0.05) is 31.4 Å². The number of sulfone groups is 1. The number of carbonyl (C=O) groups is 1. The highest BCUT2D eigenvalue weighted by Gasteiger charge is 2.54. The number of urea groups is 1. The van der Waals surface area contributed by atoms with Crippen LogP contribution in [-0.4, -0.2) is 80.4 Å². The Morgan fingerprint density at radius 1 is 1.06 bits per heavy atom. The standard InChI is InChI=1S/C24H37N3O3S/c1-25(2)24(21-10-5-4-6-11-21)14-12-23(13-15-24)19-26(16-17-31(3,29)30)22(28)27(23)18-20-8-7-9-20/h4-6,10-11,20H,7-9,12-19H2,1-3H3. The molecule has 2 aliphatic carbocycles. The van der Waals surface area contributed by atoms with E-state index >= 15 is 0 Å². The van der Waals surface area contributed by atoms with Gasteiger partial charge in [0.15, 0.2) is 0 Å². The van der Waals surface area contributed by atoms with Crippen molar-refractivity contribution >= 4 is 15.9 Å². The fraction of sp³-hybridized carbons (Fsp3) is 0.708. The molecule has 1 heterocycles. The van der Waals surface area contributed by atoms with E-state index in [1.54, 1.807) is 0 Å². The summed E-state index contributed by atoms with van der Waals surface area (Å²) in [6, 6.07) is 10.8. The van der Waals surface area contributed by atoms with Crippen molar-refractivity contribution in [2.24, 2.45) is 5.92 Å². The Morgan fingerprint density at radius 3 is 2.23 bits per heavy atom. The second-order valence-corrected chi connectivity index (χ2v) is 12.5. The Hall–Kier alpha value is -1.60. The molecule has 31 heavy (non-hydrogen) atoms. The molecule has 0 atom stereocenters. The molecule has 0 bridgehead atoms. The topological polar surface area (TPSA) is 60.9 Å². The molecule has 2 amide bonds. The van der Waals surface area contributed by atoms with Crippen LogP contribution < -0.4 is 0 Å². The number of nitrogens with zero attached hydrogens (tertiary/aromatic N) is 3. The molecule has 2 saturated carbocycles. The van der Waals surface area contributed by atoms with Gasteiger partial charge in [0.2, 0.25) is 0 Å². The van der Waals surface area contributed by atoms with Crippen LogP contribution in [0.1, 0.15) is 50.5 Å². The number of hydrogen-bond donors (Lipinski definition) is 0. The van der Waals surface area contributed by atoms with Crippen LogP contribution in [0.2, 0.25) is 0 Å². The normalized spacial score (nSPS) is 29.7. The summed E-state index contributed by atoms with van der Waals surface area (Å²) in [4.78, 5) is 19.7. The number of carbonyl (C=O) groups excluding carboxylic acids is 1. The largest absolute Gasteiger partial charge is 0.321 e. The van der Waals surface area contributed by atoms with Crippen molar-refractivity contribution in [1.82, 2.24) is 14.7 Å². The second-order valence-electron chi connectivity index (χ2n) is 10.3. The molecule has 6 nitrogen and oxygen atoms in total. The summed E-state index contributed by atoms with van der Waals surface area (Å²) < 4.78 is 23.5. The minimum atomic E-state index is -3.10. The Bertz CT molecular complexity index is 888. The predicted molar refractivity (Wildman–Crippen MR) is 124 cm³/mol. The maximum atomic E-state index is 13.4. The van der Waals surface area contributed by atoms with E-state index in [0.29, 0.717) is 19.0 Å². The molecule has 1 aromatic carbocycles. The molecule has 7 heteroatoms. The summed E-state index contributed by atoms with van der Waals surface area (Å²) in [6.45, 7) is 1.79. The first-order valence-corrected chi connectivity index (χ1v) is 13.7. The van der Waals surface area contributed by atoms with Gasteiger partial charge < -0.3 is 9.80 Å². The minimum Gasteiger partial charge on any atom is -0.321 e. The molecule has 0 radical (unpaired) electrons. The Labute approximate surface area is 187 Å². The molecule has 1 aliphatic heterocycles. The van der Waals surface area contributed by atoms with E-state index in [-0.39, 0.29) is 22.9 Å². The Kier molecular flexibility index (Phi) is 6.12. The monoisotopic (exact) mass is 447 g/mol. The quantitative estimate of drug-likeness (QED) is 0.643. The van der Waals surface area contributed by atoms with Crippen molar-refractivity contribution in [2.75, 3.05) is 45.7 Å². The highest BCUT2D eigenvalue weighted by Crippen LogP contribution is 2.49. The lowest BCUT2D eigenvalue weighted by molar-refractivity contribution is 0.0160. The highest BCUT2D eigenvalue weighted by molar-refractivity contribution is 7.90. The molecule has 0 N–H and O–H groups in total. The summed E-state index contributed by atoms with van der Waals surface area (Å²) in [5.74, 6) is 0.642. The van der Waals surface area contributed by atoms with Crippen molar-refractivity contribution in [3.05, 3.63) is 35.9 Å². The van der Waals surface area contributed by atoms with Crippen LogP contribution in [0.5, 0.6) is 0 Å². The van der Waals surface area contributed by atoms with Crippen LogP contribution in [0.4, 0.5) is 4.79 Å². The summed E-state index contributed by atoms with van der Waals surface area (Å²) >= 11 is 0.